The van der Waals surface area contributed by atoms with Gasteiger partial charge in [-0.1, -0.05) is 42.3 Å². The molecular weight excluding hydrogens is 293 g/mol. The molecule has 0 aliphatic heterocycles. The van der Waals surface area contributed by atoms with Crippen LogP contribution in [0.15, 0.2) is 41.0 Å². The fourth-order valence-electron chi connectivity index (χ4n) is 2.22. The lowest BCUT2D eigenvalue weighted by Crippen LogP contribution is -2.23. The zero-order chi connectivity index (χ0) is 14.4. The second-order valence-corrected chi connectivity index (χ2v) is 5.55. The summed E-state index contributed by atoms with van der Waals surface area (Å²) in [6.07, 6.45) is 4.58. The first-order valence-corrected chi connectivity index (χ1v) is 7.67. The zero-order valence-corrected chi connectivity index (χ0v) is 13.0. The first-order chi connectivity index (χ1) is 9.72. The molecule has 4 heteroatoms. The maximum absolute atomic E-state index is 6.33. The van der Waals surface area contributed by atoms with E-state index in [0.29, 0.717) is 10.0 Å². The van der Waals surface area contributed by atoms with Gasteiger partial charge < -0.3 is 9.73 Å². The van der Waals surface area contributed by atoms with Gasteiger partial charge in [-0.25, -0.2) is 0 Å². The Morgan fingerprint density at radius 3 is 2.75 bits per heavy atom. The summed E-state index contributed by atoms with van der Waals surface area (Å²) in [5.74, 6) is 0.992. The Labute approximate surface area is 130 Å². The second-order valence-electron chi connectivity index (χ2n) is 4.77. The van der Waals surface area contributed by atoms with Gasteiger partial charge in [-0.3, -0.25) is 0 Å². The molecule has 20 heavy (non-hydrogen) atoms. The fourth-order valence-corrected chi connectivity index (χ4v) is 2.66. The monoisotopic (exact) mass is 311 g/mol. The van der Waals surface area contributed by atoms with E-state index < -0.39 is 0 Å². The standard InChI is InChI=1S/C16H19Cl2NO/c1-2-10-19-15(9-8-12-5-4-11-20-12)13-6-3-7-14(17)16(13)18/h3-7,11,15,19H,2,8-10H2,1H3. The van der Waals surface area contributed by atoms with Crippen molar-refractivity contribution >= 4 is 23.2 Å². The molecule has 1 heterocycles. The van der Waals surface area contributed by atoms with E-state index in [-0.39, 0.29) is 6.04 Å². The van der Waals surface area contributed by atoms with Gasteiger partial charge in [-0.05, 0) is 43.1 Å². The van der Waals surface area contributed by atoms with Gasteiger partial charge in [0.25, 0.3) is 0 Å². The van der Waals surface area contributed by atoms with Crippen LogP contribution in [-0.4, -0.2) is 6.54 Å². The van der Waals surface area contributed by atoms with Crippen LogP contribution in [0.4, 0.5) is 0 Å². The molecule has 0 aliphatic rings. The van der Waals surface area contributed by atoms with E-state index in [1.165, 1.54) is 0 Å². The number of rotatable bonds is 7. The molecule has 0 aliphatic carbocycles. The minimum absolute atomic E-state index is 0.186. The summed E-state index contributed by atoms with van der Waals surface area (Å²) in [5, 5.41) is 4.77. The summed E-state index contributed by atoms with van der Waals surface area (Å²) in [4.78, 5) is 0. The molecule has 1 N–H and O–H groups in total. The highest BCUT2D eigenvalue weighted by molar-refractivity contribution is 6.42. The molecular formula is C16H19Cl2NO. The van der Waals surface area contributed by atoms with Crippen molar-refractivity contribution < 1.29 is 4.42 Å². The van der Waals surface area contributed by atoms with Crippen LogP contribution in [0.3, 0.4) is 0 Å². The molecule has 0 fully saturated rings. The molecule has 108 valence electrons. The molecule has 0 spiro atoms. The second kappa shape index (κ2) is 7.72. The average molecular weight is 312 g/mol. The number of nitrogens with one attached hydrogen (secondary N) is 1. The van der Waals surface area contributed by atoms with Crippen molar-refractivity contribution in [3.8, 4) is 0 Å². The van der Waals surface area contributed by atoms with Gasteiger partial charge in [0, 0.05) is 12.5 Å². The lowest BCUT2D eigenvalue weighted by molar-refractivity contribution is 0.452. The summed E-state index contributed by atoms with van der Waals surface area (Å²) in [6, 6.07) is 9.88. The number of hydrogen-bond donors (Lipinski definition) is 1. The SMILES string of the molecule is CCCNC(CCc1ccco1)c1cccc(Cl)c1Cl. The molecule has 0 amide bonds. The van der Waals surface area contributed by atoms with Gasteiger partial charge in [0.1, 0.15) is 5.76 Å². The number of halogens is 2. The number of furan rings is 1. The van der Waals surface area contributed by atoms with Gasteiger partial charge in [0.2, 0.25) is 0 Å². The van der Waals surface area contributed by atoms with Crippen LogP contribution in [0.2, 0.25) is 10.0 Å². The minimum atomic E-state index is 0.186. The van der Waals surface area contributed by atoms with E-state index >= 15 is 0 Å². The van der Waals surface area contributed by atoms with Crippen molar-refractivity contribution in [1.29, 1.82) is 0 Å². The van der Waals surface area contributed by atoms with Crippen molar-refractivity contribution in [3.05, 3.63) is 58.0 Å². The van der Waals surface area contributed by atoms with Gasteiger partial charge in [-0.15, -0.1) is 0 Å². The summed E-state index contributed by atoms with van der Waals surface area (Å²) >= 11 is 12.4. The van der Waals surface area contributed by atoms with Crippen molar-refractivity contribution in [2.75, 3.05) is 6.54 Å². The lowest BCUT2D eigenvalue weighted by Gasteiger charge is -2.20. The lowest BCUT2D eigenvalue weighted by atomic mass is 10.0. The van der Waals surface area contributed by atoms with Crippen molar-refractivity contribution in [1.82, 2.24) is 5.32 Å². The predicted octanol–water partition coefficient (Wildman–Crippen LogP) is 5.26. The van der Waals surface area contributed by atoms with E-state index in [1.807, 2.05) is 30.3 Å². The molecule has 1 aromatic heterocycles. The third kappa shape index (κ3) is 4.02. The predicted molar refractivity (Wildman–Crippen MR) is 84.5 cm³/mol. The molecule has 2 nitrogen and oxygen atoms in total. The largest absolute Gasteiger partial charge is 0.469 e. The Bertz CT molecular complexity index is 525. The molecule has 2 aromatic rings. The first kappa shape index (κ1) is 15.4. The Hall–Kier alpha value is -0.960. The van der Waals surface area contributed by atoms with E-state index in [1.54, 1.807) is 6.26 Å². The Morgan fingerprint density at radius 1 is 1.20 bits per heavy atom. The maximum atomic E-state index is 6.33. The molecule has 0 saturated carbocycles. The smallest absolute Gasteiger partial charge is 0.103 e. The van der Waals surface area contributed by atoms with Crippen LogP contribution < -0.4 is 5.32 Å². The zero-order valence-electron chi connectivity index (χ0n) is 11.5. The van der Waals surface area contributed by atoms with Crippen molar-refractivity contribution in [3.63, 3.8) is 0 Å². The van der Waals surface area contributed by atoms with Gasteiger partial charge >= 0.3 is 0 Å². The molecule has 1 aromatic carbocycles. The van der Waals surface area contributed by atoms with Crippen LogP contribution in [0.5, 0.6) is 0 Å². The number of aryl methyl sites for hydroxylation is 1. The number of benzene rings is 1. The molecule has 0 saturated heterocycles. The highest BCUT2D eigenvalue weighted by atomic mass is 35.5. The third-order valence-electron chi connectivity index (χ3n) is 3.26. The van der Waals surface area contributed by atoms with Crippen LogP contribution in [0.1, 0.15) is 37.1 Å². The quantitative estimate of drug-likeness (QED) is 0.754. The summed E-state index contributed by atoms with van der Waals surface area (Å²) in [5.41, 5.74) is 1.05. The molecule has 1 unspecified atom stereocenters. The van der Waals surface area contributed by atoms with E-state index in [4.69, 9.17) is 27.6 Å². The Balaban J connectivity index is 2.11. The van der Waals surface area contributed by atoms with Crippen LogP contribution in [0, 0.1) is 0 Å². The summed E-state index contributed by atoms with van der Waals surface area (Å²) < 4.78 is 5.39. The molecule has 2 rings (SSSR count). The van der Waals surface area contributed by atoms with E-state index in [0.717, 1.165) is 37.1 Å². The van der Waals surface area contributed by atoms with Crippen molar-refractivity contribution in [2.24, 2.45) is 0 Å². The van der Waals surface area contributed by atoms with Gasteiger partial charge in [0.05, 0.1) is 16.3 Å². The highest BCUT2D eigenvalue weighted by Gasteiger charge is 2.16. The van der Waals surface area contributed by atoms with Gasteiger partial charge in [0.15, 0.2) is 0 Å². The molecule has 0 radical (unpaired) electrons. The topological polar surface area (TPSA) is 25.2 Å². The van der Waals surface area contributed by atoms with E-state index in [2.05, 4.69) is 12.2 Å². The summed E-state index contributed by atoms with van der Waals surface area (Å²) in [6.45, 7) is 3.10. The van der Waals surface area contributed by atoms with Crippen LogP contribution in [-0.2, 0) is 6.42 Å². The van der Waals surface area contributed by atoms with Gasteiger partial charge in [-0.2, -0.15) is 0 Å². The fraction of sp³-hybridized carbons (Fsp3) is 0.375. The summed E-state index contributed by atoms with van der Waals surface area (Å²) in [7, 11) is 0. The number of hydrogen-bond acceptors (Lipinski definition) is 2. The van der Waals surface area contributed by atoms with Crippen molar-refractivity contribution in [2.45, 2.75) is 32.2 Å². The molecule has 0 bridgehead atoms. The average Bonchev–Trinajstić information content (AvgIpc) is 2.96. The van der Waals surface area contributed by atoms with E-state index in [9.17, 15) is 0 Å². The molecule has 1 atom stereocenters. The Morgan fingerprint density at radius 2 is 2.05 bits per heavy atom. The normalized spacial score (nSPS) is 12.6. The minimum Gasteiger partial charge on any atom is -0.469 e. The Kier molecular flexibility index (Phi) is 5.96. The highest BCUT2D eigenvalue weighted by Crippen LogP contribution is 2.32. The van der Waals surface area contributed by atoms with Crippen LogP contribution >= 0.6 is 23.2 Å². The first-order valence-electron chi connectivity index (χ1n) is 6.92. The van der Waals surface area contributed by atoms with Crippen LogP contribution in [0.25, 0.3) is 0 Å². The maximum Gasteiger partial charge on any atom is 0.103 e. The third-order valence-corrected chi connectivity index (χ3v) is 4.09.